The van der Waals surface area contributed by atoms with E-state index in [1.807, 2.05) is 54.6 Å². The minimum atomic E-state index is -3.36. The molecule has 27 heavy (non-hydrogen) atoms. The summed E-state index contributed by atoms with van der Waals surface area (Å²) in [4.78, 5) is 0. The third-order valence-corrected chi connectivity index (χ3v) is 6.11. The van der Waals surface area contributed by atoms with Crippen molar-refractivity contribution in [3.63, 3.8) is 0 Å². The summed E-state index contributed by atoms with van der Waals surface area (Å²) >= 11 is 0. The molecule has 2 aromatic rings. The molecule has 5 heteroatoms. The number of aryl methyl sites for hydroxylation is 1. The summed E-state index contributed by atoms with van der Waals surface area (Å²) in [6, 6.07) is 17.1. The molecule has 0 bridgehead atoms. The first kappa shape index (κ1) is 19.5. The topological polar surface area (TPSA) is 58.2 Å². The molecule has 0 unspecified atom stereocenters. The molecule has 0 heterocycles. The monoisotopic (exact) mass is 384 g/mol. The fourth-order valence-electron chi connectivity index (χ4n) is 3.28. The van der Waals surface area contributed by atoms with Crippen molar-refractivity contribution < 1.29 is 8.42 Å². The van der Waals surface area contributed by atoms with Gasteiger partial charge in [-0.1, -0.05) is 42.0 Å². The number of nitrogens with one attached hydrogen (secondary N) is 2. The van der Waals surface area contributed by atoms with Crippen molar-refractivity contribution in [1.29, 1.82) is 0 Å². The van der Waals surface area contributed by atoms with E-state index in [9.17, 15) is 8.42 Å². The third kappa shape index (κ3) is 6.75. The minimum Gasteiger partial charge on any atom is -0.385 e. The zero-order chi connectivity index (χ0) is 19.0. The van der Waals surface area contributed by atoms with Crippen LogP contribution in [0.2, 0.25) is 0 Å². The number of hydrogen-bond donors (Lipinski definition) is 2. The molecule has 4 nitrogen and oxygen atoms in total. The van der Waals surface area contributed by atoms with Gasteiger partial charge >= 0.3 is 0 Å². The first-order chi connectivity index (χ1) is 13.1. The van der Waals surface area contributed by atoms with Gasteiger partial charge in [0, 0.05) is 17.9 Å². The Balaban J connectivity index is 1.45. The van der Waals surface area contributed by atoms with Crippen LogP contribution in [0.5, 0.6) is 0 Å². The highest BCUT2D eigenvalue weighted by molar-refractivity contribution is 7.92. The van der Waals surface area contributed by atoms with Gasteiger partial charge in [-0.15, -0.1) is 0 Å². The average Bonchev–Trinajstić information content (AvgIpc) is 2.69. The van der Waals surface area contributed by atoms with Crippen molar-refractivity contribution in [2.24, 2.45) is 0 Å². The number of sulfonamides is 1. The van der Waals surface area contributed by atoms with Gasteiger partial charge in [-0.2, -0.15) is 0 Å². The van der Waals surface area contributed by atoms with E-state index in [4.69, 9.17) is 0 Å². The Morgan fingerprint density at radius 3 is 2.30 bits per heavy atom. The molecule has 0 aliphatic heterocycles. The minimum absolute atomic E-state index is 0.0755. The number of benzene rings is 2. The summed E-state index contributed by atoms with van der Waals surface area (Å²) in [6.45, 7) is 0.911. The Hall–Kier alpha value is -2.27. The zero-order valence-corrected chi connectivity index (χ0v) is 16.5. The molecular formula is C22H28N2O2S. The molecule has 1 aliphatic rings. The standard InChI is InChI=1S/C22H28N2O2S/c25-27(26,18-16-20-9-5-2-6-10-20)24-22-13-11-21(12-14-22)23-17-15-19-7-3-1-4-8-19/h2,5-7,9-14,23-24H,1,3-4,8,15-18H2. The number of anilines is 2. The molecule has 2 aromatic carbocycles. The highest BCUT2D eigenvalue weighted by Crippen LogP contribution is 2.20. The van der Waals surface area contributed by atoms with Crippen LogP contribution in [0.25, 0.3) is 0 Å². The van der Waals surface area contributed by atoms with Crippen LogP contribution in [0.1, 0.15) is 37.7 Å². The molecule has 0 saturated carbocycles. The van der Waals surface area contributed by atoms with Gasteiger partial charge in [0.25, 0.3) is 0 Å². The Morgan fingerprint density at radius 1 is 0.852 bits per heavy atom. The largest absolute Gasteiger partial charge is 0.385 e. The maximum absolute atomic E-state index is 12.3. The highest BCUT2D eigenvalue weighted by Gasteiger charge is 2.10. The molecule has 144 valence electrons. The van der Waals surface area contributed by atoms with Crippen LogP contribution in [0.4, 0.5) is 11.4 Å². The third-order valence-electron chi connectivity index (χ3n) is 4.82. The van der Waals surface area contributed by atoms with Crippen molar-refractivity contribution in [3.05, 3.63) is 71.8 Å². The molecule has 0 aromatic heterocycles. The van der Waals surface area contributed by atoms with Gasteiger partial charge in [0.2, 0.25) is 10.0 Å². The SMILES string of the molecule is O=S(=O)(CCc1ccccc1)Nc1ccc(NCCC2=CCCCC2)cc1. The van der Waals surface area contributed by atoms with E-state index < -0.39 is 10.0 Å². The van der Waals surface area contributed by atoms with Crippen LogP contribution >= 0.6 is 0 Å². The zero-order valence-electron chi connectivity index (χ0n) is 15.7. The summed E-state index contributed by atoms with van der Waals surface area (Å²) in [5.41, 5.74) is 4.19. The maximum atomic E-state index is 12.3. The smallest absolute Gasteiger partial charge is 0.233 e. The van der Waals surface area contributed by atoms with E-state index in [1.54, 1.807) is 5.57 Å². The van der Waals surface area contributed by atoms with Gasteiger partial charge in [-0.25, -0.2) is 8.42 Å². The van der Waals surface area contributed by atoms with E-state index >= 15 is 0 Å². The van der Waals surface area contributed by atoms with Gasteiger partial charge in [-0.3, -0.25) is 4.72 Å². The second-order valence-electron chi connectivity index (χ2n) is 7.02. The Labute approximate surface area is 162 Å². The molecule has 0 amide bonds. The first-order valence-electron chi connectivity index (χ1n) is 9.67. The van der Waals surface area contributed by atoms with Crippen LogP contribution in [0.15, 0.2) is 66.2 Å². The van der Waals surface area contributed by atoms with Crippen molar-refractivity contribution >= 4 is 21.4 Å². The van der Waals surface area contributed by atoms with E-state index in [1.165, 1.54) is 25.7 Å². The lowest BCUT2D eigenvalue weighted by Gasteiger charge is -2.14. The summed E-state index contributed by atoms with van der Waals surface area (Å²) in [5, 5.41) is 3.41. The lowest BCUT2D eigenvalue weighted by atomic mass is 9.97. The maximum Gasteiger partial charge on any atom is 0.233 e. The average molecular weight is 385 g/mol. The molecule has 1 aliphatic carbocycles. The van der Waals surface area contributed by atoms with Crippen molar-refractivity contribution in [1.82, 2.24) is 0 Å². The van der Waals surface area contributed by atoms with Crippen molar-refractivity contribution in [2.45, 2.75) is 38.5 Å². The van der Waals surface area contributed by atoms with Crippen molar-refractivity contribution in [2.75, 3.05) is 22.3 Å². The van der Waals surface area contributed by atoms with Crippen LogP contribution in [-0.4, -0.2) is 20.7 Å². The van der Waals surface area contributed by atoms with Crippen LogP contribution in [-0.2, 0) is 16.4 Å². The highest BCUT2D eigenvalue weighted by atomic mass is 32.2. The van der Waals surface area contributed by atoms with Gasteiger partial charge in [-0.05, 0) is 68.4 Å². The first-order valence-corrected chi connectivity index (χ1v) is 11.3. The van der Waals surface area contributed by atoms with Gasteiger partial charge < -0.3 is 5.32 Å². The molecular weight excluding hydrogens is 356 g/mol. The summed E-state index contributed by atoms with van der Waals surface area (Å²) in [5.74, 6) is 0.0755. The number of hydrogen-bond acceptors (Lipinski definition) is 3. The van der Waals surface area contributed by atoms with Crippen LogP contribution < -0.4 is 10.0 Å². The van der Waals surface area contributed by atoms with Crippen molar-refractivity contribution in [3.8, 4) is 0 Å². The molecule has 2 N–H and O–H groups in total. The van der Waals surface area contributed by atoms with Gasteiger partial charge in [0.1, 0.15) is 0 Å². The summed E-state index contributed by atoms with van der Waals surface area (Å²) in [7, 11) is -3.36. The lowest BCUT2D eigenvalue weighted by Crippen LogP contribution is -2.18. The molecule has 3 rings (SSSR count). The molecule has 0 saturated heterocycles. The predicted molar refractivity (Wildman–Crippen MR) is 114 cm³/mol. The molecule has 0 spiro atoms. The quantitative estimate of drug-likeness (QED) is 0.600. The Kier molecular flexibility index (Phi) is 6.93. The van der Waals surface area contributed by atoms with Gasteiger partial charge in [0.15, 0.2) is 0 Å². The van der Waals surface area contributed by atoms with E-state index in [0.29, 0.717) is 12.1 Å². The molecule has 0 radical (unpaired) electrons. The summed E-state index contributed by atoms with van der Waals surface area (Å²) in [6.07, 6.45) is 9.03. The summed E-state index contributed by atoms with van der Waals surface area (Å²) < 4.78 is 27.2. The number of rotatable bonds is 9. The predicted octanol–water partition coefficient (Wildman–Crippen LogP) is 4.97. The van der Waals surface area contributed by atoms with E-state index in [0.717, 1.165) is 24.2 Å². The Morgan fingerprint density at radius 2 is 1.59 bits per heavy atom. The van der Waals surface area contributed by atoms with Crippen LogP contribution in [0.3, 0.4) is 0 Å². The fourth-order valence-corrected chi connectivity index (χ4v) is 4.38. The fraction of sp³-hybridized carbons (Fsp3) is 0.364. The normalized spacial score (nSPS) is 14.4. The van der Waals surface area contributed by atoms with Crippen LogP contribution in [0, 0.1) is 0 Å². The molecule has 0 atom stereocenters. The van der Waals surface area contributed by atoms with E-state index in [2.05, 4.69) is 16.1 Å². The molecule has 0 fully saturated rings. The second-order valence-corrected chi connectivity index (χ2v) is 8.86. The van der Waals surface area contributed by atoms with Gasteiger partial charge in [0.05, 0.1) is 5.75 Å². The second kappa shape index (κ2) is 9.60. The Bertz CT molecular complexity index is 844. The number of allylic oxidation sites excluding steroid dienone is 1. The lowest BCUT2D eigenvalue weighted by molar-refractivity contribution is 0.600. The van der Waals surface area contributed by atoms with E-state index in [-0.39, 0.29) is 5.75 Å².